The zero-order valence-electron chi connectivity index (χ0n) is 25.5. The maximum absolute atomic E-state index is 12.7. The van der Waals surface area contributed by atoms with E-state index in [-0.39, 0.29) is 35.0 Å². The Morgan fingerprint density at radius 1 is 1.00 bits per heavy atom. The first-order valence-corrected chi connectivity index (χ1v) is 16.2. The summed E-state index contributed by atoms with van der Waals surface area (Å²) in [4.78, 5) is 28.4. The van der Waals surface area contributed by atoms with Crippen LogP contribution in [0.5, 0.6) is 0 Å². The third-order valence-electron chi connectivity index (χ3n) is 7.51. The average molecular weight is 644 g/mol. The minimum atomic E-state index is -3.74. The average Bonchev–Trinajstić information content (AvgIpc) is 3.71. The molecule has 13 heteroatoms. The van der Waals surface area contributed by atoms with Crippen LogP contribution in [0.1, 0.15) is 48.0 Å². The van der Waals surface area contributed by atoms with E-state index in [9.17, 15) is 23.1 Å². The van der Waals surface area contributed by atoms with E-state index < -0.39 is 16.1 Å². The largest absolute Gasteiger partial charge is 0.387 e. The highest BCUT2D eigenvalue weighted by atomic mass is 32.2. The summed E-state index contributed by atoms with van der Waals surface area (Å²) in [6.45, 7) is 5.28. The molecule has 5 aromatic rings. The number of benzene rings is 3. The van der Waals surface area contributed by atoms with Gasteiger partial charge in [0.2, 0.25) is 0 Å². The van der Waals surface area contributed by atoms with Gasteiger partial charge in [-0.2, -0.15) is 0 Å². The van der Waals surface area contributed by atoms with Crippen molar-refractivity contribution >= 4 is 21.6 Å². The number of hydrogen-bond donors (Lipinski definition) is 6. The Labute approximate surface area is 267 Å². The summed E-state index contributed by atoms with van der Waals surface area (Å²) in [5, 5.41) is 22.2. The molecule has 0 saturated heterocycles. The maximum atomic E-state index is 12.7. The molecule has 2 aromatic heterocycles. The van der Waals surface area contributed by atoms with Crippen LogP contribution in [0, 0.1) is 0 Å². The molecule has 0 unspecified atom stereocenters. The molecule has 12 nitrogen and oxygen atoms in total. The number of aliphatic hydroxyl groups is 1. The second-order valence-corrected chi connectivity index (χ2v) is 13.3. The van der Waals surface area contributed by atoms with E-state index in [4.69, 9.17) is 0 Å². The first-order chi connectivity index (χ1) is 22.0. The number of aromatic amines is 2. The molecule has 1 atom stereocenters. The van der Waals surface area contributed by atoms with Crippen LogP contribution in [0.3, 0.4) is 0 Å². The molecule has 240 valence electrons. The van der Waals surface area contributed by atoms with Crippen molar-refractivity contribution in [3.63, 3.8) is 0 Å². The first-order valence-electron chi connectivity index (χ1n) is 14.8. The number of nitrogens with zero attached hydrogens (tertiary/aromatic N) is 2. The van der Waals surface area contributed by atoms with Crippen LogP contribution in [0.4, 0.5) is 5.69 Å². The Morgan fingerprint density at radius 2 is 1.76 bits per heavy atom. The molecule has 6 N–H and O–H groups in total. The van der Waals surface area contributed by atoms with Crippen molar-refractivity contribution < 1.29 is 18.3 Å². The molecule has 3 aromatic carbocycles. The monoisotopic (exact) mass is 643 g/mol. The van der Waals surface area contributed by atoms with Gasteiger partial charge in [0.05, 0.1) is 35.3 Å². The van der Waals surface area contributed by atoms with Crippen molar-refractivity contribution in [1.29, 1.82) is 0 Å². The fraction of sp³-hybridized carbons (Fsp3) is 0.242. The van der Waals surface area contributed by atoms with Gasteiger partial charge >= 0.3 is 0 Å². The van der Waals surface area contributed by atoms with Gasteiger partial charge in [-0.15, -0.1) is 0 Å². The number of rotatable bonds is 14. The number of sulfonamides is 1. The summed E-state index contributed by atoms with van der Waals surface area (Å²) in [7, 11) is -3.74. The number of aryl methyl sites for hydroxylation is 1. The molecule has 0 aliphatic rings. The van der Waals surface area contributed by atoms with Crippen molar-refractivity contribution in [3.05, 3.63) is 125 Å². The maximum Gasteiger partial charge on any atom is 0.264 e. The third kappa shape index (κ3) is 8.59. The Morgan fingerprint density at radius 3 is 2.48 bits per heavy atom. The van der Waals surface area contributed by atoms with E-state index in [0.717, 1.165) is 17.7 Å². The number of carbonyl (C=O) groups excluding carboxylic acids is 1. The van der Waals surface area contributed by atoms with Crippen LogP contribution < -0.4 is 20.9 Å². The summed E-state index contributed by atoms with van der Waals surface area (Å²) >= 11 is 0. The summed E-state index contributed by atoms with van der Waals surface area (Å²) in [6, 6.07) is 23.4. The van der Waals surface area contributed by atoms with E-state index >= 15 is 0 Å². The Balaban J connectivity index is 1.10. The number of imidazole rings is 1. The van der Waals surface area contributed by atoms with E-state index in [2.05, 4.69) is 44.4 Å². The second-order valence-electron chi connectivity index (χ2n) is 11.6. The van der Waals surface area contributed by atoms with E-state index in [1.807, 2.05) is 22.9 Å². The molecule has 0 bridgehead atoms. The molecule has 2 heterocycles. The van der Waals surface area contributed by atoms with Crippen molar-refractivity contribution in [2.75, 3.05) is 11.3 Å². The predicted octanol–water partition coefficient (Wildman–Crippen LogP) is 3.79. The lowest BCUT2D eigenvalue weighted by Gasteiger charge is -2.28. The Hall–Kier alpha value is -4.98. The van der Waals surface area contributed by atoms with E-state index in [0.29, 0.717) is 29.1 Å². The molecule has 0 aliphatic heterocycles. The zero-order valence-corrected chi connectivity index (χ0v) is 26.3. The Bertz CT molecular complexity index is 1930. The summed E-state index contributed by atoms with van der Waals surface area (Å²) < 4.78 is 30.0. The van der Waals surface area contributed by atoms with Crippen molar-refractivity contribution in [2.24, 2.45) is 0 Å². The highest BCUT2D eigenvalue weighted by Crippen LogP contribution is 2.22. The molecule has 0 spiro atoms. The van der Waals surface area contributed by atoms with Crippen LogP contribution >= 0.6 is 0 Å². The number of aliphatic hydroxyl groups excluding tert-OH is 1. The molecular weight excluding hydrogens is 606 g/mol. The highest BCUT2D eigenvalue weighted by Gasteiger charge is 2.20. The second kappa shape index (κ2) is 14.0. The van der Waals surface area contributed by atoms with E-state index in [1.165, 1.54) is 18.2 Å². The van der Waals surface area contributed by atoms with Gasteiger partial charge in [0.25, 0.3) is 21.5 Å². The molecule has 0 saturated carbocycles. The predicted molar refractivity (Wildman–Crippen MR) is 176 cm³/mol. The lowest BCUT2D eigenvalue weighted by Crippen LogP contribution is -2.42. The molecule has 0 radical (unpaired) electrons. The number of aromatic nitrogens is 4. The lowest BCUT2D eigenvalue weighted by molar-refractivity contribution is 0.0950. The number of anilines is 1. The third-order valence-corrected chi connectivity index (χ3v) is 8.91. The van der Waals surface area contributed by atoms with Gasteiger partial charge in [-0.1, -0.05) is 42.5 Å². The molecule has 0 aliphatic carbocycles. The fourth-order valence-corrected chi connectivity index (χ4v) is 5.85. The molecule has 46 heavy (non-hydrogen) atoms. The van der Waals surface area contributed by atoms with Gasteiger partial charge < -0.3 is 25.4 Å². The molecule has 1 amide bonds. The number of H-pyrrole nitrogens is 2. The minimum absolute atomic E-state index is 0.164. The number of carbonyl (C=O) groups is 1. The number of hydrogen-bond acceptors (Lipinski definition) is 7. The topological polar surface area (TPSA) is 174 Å². The van der Waals surface area contributed by atoms with Gasteiger partial charge in [-0.3, -0.25) is 19.4 Å². The quantitative estimate of drug-likeness (QED) is 0.107. The van der Waals surface area contributed by atoms with Crippen molar-refractivity contribution in [2.45, 2.75) is 49.9 Å². The lowest BCUT2D eigenvalue weighted by atomic mass is 9.99. The van der Waals surface area contributed by atoms with Gasteiger partial charge in [0.15, 0.2) is 0 Å². The standard InChI is InChI=1S/C33H37N7O5S/c1-33(2,36-20-30(41)25-7-6-8-26(17-25)39-46(44,45)28-9-4-3-5-10-28)15-16-40-21-29(35-22-40)23-11-13-24(14-12-23)32(43)34-19-27-18-31(42)38-37-27/h3-14,17-18,21-22,30,36,39,41H,15-16,19-20H2,1-2H3,(H,34,43)(H2,37,38,42)/t30-/m1/s1. The summed E-state index contributed by atoms with van der Waals surface area (Å²) in [5.74, 6) is -0.251. The van der Waals surface area contributed by atoms with E-state index in [1.54, 1.807) is 60.9 Å². The van der Waals surface area contributed by atoms with Crippen molar-refractivity contribution in [3.8, 4) is 11.3 Å². The van der Waals surface area contributed by atoms with Gasteiger partial charge in [-0.25, -0.2) is 13.4 Å². The number of amides is 1. The fourth-order valence-electron chi connectivity index (χ4n) is 4.78. The first kappa shape index (κ1) is 32.4. The normalized spacial score (nSPS) is 12.5. The van der Waals surface area contributed by atoms with Gasteiger partial charge in [0, 0.05) is 47.7 Å². The summed E-state index contributed by atoms with van der Waals surface area (Å²) in [5.41, 5.74) is 3.14. The van der Waals surface area contributed by atoms with Crippen molar-refractivity contribution in [1.82, 2.24) is 30.4 Å². The van der Waals surface area contributed by atoms with Crippen LogP contribution in [0.25, 0.3) is 11.3 Å². The zero-order chi connectivity index (χ0) is 32.7. The number of nitrogens with one attached hydrogen (secondary N) is 5. The van der Waals surface area contributed by atoms with Gasteiger partial charge in [0.1, 0.15) is 0 Å². The smallest absolute Gasteiger partial charge is 0.264 e. The highest BCUT2D eigenvalue weighted by molar-refractivity contribution is 7.92. The molecular formula is C33H37N7O5S. The SMILES string of the molecule is CC(C)(CCn1cnc(-c2ccc(C(=O)NCc3cc(=O)[nH][nH]3)cc2)c1)NC[C@@H](O)c1cccc(NS(=O)(=O)c2ccccc2)c1. The summed E-state index contributed by atoms with van der Waals surface area (Å²) in [6.07, 6.45) is 3.62. The number of β-amino-alcohol motifs (C(OH)–C–C–N with tert-alkyl or cyclic N) is 1. The van der Waals surface area contributed by atoms with Crippen LogP contribution in [0.2, 0.25) is 0 Å². The molecule has 0 fully saturated rings. The van der Waals surface area contributed by atoms with Crippen LogP contribution in [0.15, 0.2) is 107 Å². The minimum Gasteiger partial charge on any atom is -0.387 e. The van der Waals surface area contributed by atoms with Gasteiger partial charge in [-0.05, 0) is 62.2 Å². The van der Waals surface area contributed by atoms with Crippen LogP contribution in [-0.4, -0.2) is 51.3 Å². The van der Waals surface area contributed by atoms with Crippen LogP contribution in [-0.2, 0) is 23.1 Å². The molecule has 5 rings (SSSR count). The Kier molecular flexibility index (Phi) is 9.85.